The zero-order valence-electron chi connectivity index (χ0n) is 24.7. The first-order chi connectivity index (χ1) is 21.0. The van der Waals surface area contributed by atoms with Gasteiger partial charge in [0.1, 0.15) is 16.7 Å². The molecule has 4 aliphatic rings. The van der Waals surface area contributed by atoms with E-state index in [4.69, 9.17) is 0 Å². The summed E-state index contributed by atoms with van der Waals surface area (Å²) in [6.45, 7) is 9.18. The van der Waals surface area contributed by atoms with Crippen LogP contribution in [0.25, 0.3) is 62.0 Å². The van der Waals surface area contributed by atoms with Crippen LogP contribution in [0.15, 0.2) is 109 Å². The van der Waals surface area contributed by atoms with Crippen molar-refractivity contribution in [1.82, 2.24) is 0 Å². The monoisotopic (exact) mass is 552 g/mol. The minimum absolute atomic E-state index is 0.496. The Morgan fingerprint density at radius 2 is 1.12 bits per heavy atom. The molecule has 3 aromatic carbocycles. The van der Waals surface area contributed by atoms with Crippen molar-refractivity contribution in [3.05, 3.63) is 143 Å². The third kappa shape index (κ3) is 2.54. The van der Waals surface area contributed by atoms with Gasteiger partial charge in [0.25, 0.3) is 5.70 Å². The third-order valence-corrected chi connectivity index (χ3v) is 10.3. The summed E-state index contributed by atoms with van der Waals surface area (Å²) in [5, 5.41) is 0. The molecule has 0 saturated carbocycles. The summed E-state index contributed by atoms with van der Waals surface area (Å²) < 4.78 is 7.74. The van der Waals surface area contributed by atoms with Crippen LogP contribution in [0.5, 0.6) is 0 Å². The number of nitrogens with zero attached hydrogens (tertiary/aromatic N) is 3. The number of aromatic nitrogens is 3. The molecule has 202 valence electrons. The second-order valence-corrected chi connectivity index (χ2v) is 12.6. The Hall–Kier alpha value is -5.15. The summed E-state index contributed by atoms with van der Waals surface area (Å²) in [5.41, 5.74) is 21.5. The lowest BCUT2D eigenvalue weighted by molar-refractivity contribution is -0.724. The fraction of sp³-hybridized carbons (Fsp3) is 0.125. The van der Waals surface area contributed by atoms with Crippen LogP contribution >= 0.6 is 0 Å². The second kappa shape index (κ2) is 7.62. The quantitative estimate of drug-likeness (QED) is 0.177. The summed E-state index contributed by atoms with van der Waals surface area (Å²) in [4.78, 5) is 0. The Kier molecular flexibility index (Phi) is 4.15. The predicted octanol–water partition coefficient (Wildman–Crippen LogP) is 7.21. The molecule has 6 aromatic rings. The van der Waals surface area contributed by atoms with Gasteiger partial charge in [0.05, 0.1) is 16.7 Å². The Morgan fingerprint density at radius 3 is 1.91 bits per heavy atom. The lowest BCUT2D eigenvalue weighted by Crippen LogP contribution is -2.55. The molecule has 0 N–H and O–H groups in total. The highest BCUT2D eigenvalue weighted by atomic mass is 15.2. The smallest absolute Gasteiger partial charge is 0.173 e. The van der Waals surface area contributed by atoms with E-state index >= 15 is 0 Å². The normalized spacial score (nSPS) is 17.3. The van der Waals surface area contributed by atoms with Gasteiger partial charge in [-0.25, -0.2) is 0 Å². The van der Waals surface area contributed by atoms with Gasteiger partial charge in [0.2, 0.25) is 28.5 Å². The topological polar surface area (TPSA) is 11.6 Å². The second-order valence-electron chi connectivity index (χ2n) is 12.6. The van der Waals surface area contributed by atoms with E-state index in [-0.39, 0.29) is 0 Å². The third-order valence-electron chi connectivity index (χ3n) is 10.3. The van der Waals surface area contributed by atoms with Crippen LogP contribution in [0, 0.1) is 27.7 Å². The molecule has 3 heteroatoms. The van der Waals surface area contributed by atoms with Crippen LogP contribution in [-0.4, -0.2) is 0 Å². The average Bonchev–Trinajstić information content (AvgIpc) is 3.69. The summed E-state index contributed by atoms with van der Waals surface area (Å²) in [5.74, 6) is 0. The van der Waals surface area contributed by atoms with Gasteiger partial charge >= 0.3 is 5.54 Å². The fourth-order valence-electron chi connectivity index (χ4n) is 8.85. The average molecular weight is 553 g/mol. The Labute approximate surface area is 251 Å². The molecule has 0 radical (unpaired) electrons. The SMILES string of the molecule is Cc1cc(C)c2c3c1-c1cccc[n+]1C1=C4c5ccccc5-c5c(C)cc(C)c([n+]5-3)-c3ccccc3C41[n+]1ccccc1-2. The zero-order valence-corrected chi connectivity index (χ0v) is 24.7. The first-order valence-corrected chi connectivity index (χ1v) is 15.2. The molecule has 0 saturated heterocycles. The van der Waals surface area contributed by atoms with E-state index in [1.807, 2.05) is 0 Å². The van der Waals surface area contributed by atoms with Gasteiger partial charge in [-0.1, -0.05) is 42.5 Å². The van der Waals surface area contributed by atoms with Crippen molar-refractivity contribution >= 4 is 11.3 Å². The van der Waals surface area contributed by atoms with Crippen molar-refractivity contribution < 1.29 is 13.7 Å². The van der Waals surface area contributed by atoms with Crippen LogP contribution < -0.4 is 13.7 Å². The molecule has 6 heterocycles. The minimum Gasteiger partial charge on any atom is -0.173 e. The maximum absolute atomic E-state index is 2.65. The van der Waals surface area contributed by atoms with Gasteiger partial charge in [-0.2, -0.15) is 13.7 Å². The van der Waals surface area contributed by atoms with Crippen LogP contribution in [0.3, 0.4) is 0 Å². The molecular formula is C40H30N3+3. The maximum Gasteiger partial charge on any atom is 0.311 e. The number of aryl methyl sites for hydroxylation is 4. The number of benzene rings is 3. The van der Waals surface area contributed by atoms with Crippen LogP contribution in [0.2, 0.25) is 0 Å². The molecular weight excluding hydrogens is 522 g/mol. The largest absolute Gasteiger partial charge is 0.311 e. The van der Waals surface area contributed by atoms with Gasteiger partial charge in [0, 0.05) is 41.0 Å². The highest BCUT2D eigenvalue weighted by Crippen LogP contribution is 2.63. The Morgan fingerprint density at radius 1 is 0.535 bits per heavy atom. The number of rotatable bonds is 0. The van der Waals surface area contributed by atoms with E-state index in [9.17, 15) is 0 Å². The van der Waals surface area contributed by atoms with Gasteiger partial charge in [-0.3, -0.25) is 0 Å². The van der Waals surface area contributed by atoms with E-state index in [1.165, 1.54) is 95.4 Å². The molecule has 0 fully saturated rings. The zero-order chi connectivity index (χ0) is 28.8. The molecule has 3 aliphatic heterocycles. The Bertz CT molecular complexity index is 2170. The van der Waals surface area contributed by atoms with E-state index in [2.05, 4.69) is 151 Å². The number of hydrogen-bond donors (Lipinski definition) is 0. The summed E-state index contributed by atoms with van der Waals surface area (Å²) in [6.07, 6.45) is 4.60. The van der Waals surface area contributed by atoms with Crippen LogP contribution in [0.4, 0.5) is 0 Å². The molecule has 43 heavy (non-hydrogen) atoms. The van der Waals surface area contributed by atoms with Crippen LogP contribution in [-0.2, 0) is 5.54 Å². The van der Waals surface area contributed by atoms with Crippen molar-refractivity contribution in [2.75, 3.05) is 0 Å². The molecule has 1 aliphatic carbocycles. The molecule has 0 amide bonds. The first-order valence-electron chi connectivity index (χ1n) is 15.2. The standard InChI is InChI=1S/C40H30N3/c1-23-21-24(2)34-32-18-10-12-20-42(32)40-30-16-8-7-15-29(30)37-26(4)22-25(3)36-28-14-6-5-13-27(28)35(40)39(40)41-19-11-9-17-31(41)33(23)38(34)43(36)37/h5-22H,1-4H3/q+3. The van der Waals surface area contributed by atoms with Crippen molar-refractivity contribution in [3.63, 3.8) is 0 Å². The van der Waals surface area contributed by atoms with Crippen molar-refractivity contribution in [1.29, 1.82) is 0 Å². The van der Waals surface area contributed by atoms with E-state index in [1.54, 1.807) is 0 Å². The van der Waals surface area contributed by atoms with Gasteiger partial charge in [-0.15, -0.1) is 0 Å². The van der Waals surface area contributed by atoms with Crippen molar-refractivity contribution in [2.45, 2.75) is 33.2 Å². The van der Waals surface area contributed by atoms with Crippen molar-refractivity contribution in [3.8, 4) is 50.7 Å². The number of hydrogen-bond acceptors (Lipinski definition) is 0. The molecule has 10 rings (SSSR count). The molecule has 7 bridgehead atoms. The molecule has 3 nitrogen and oxygen atoms in total. The number of allylic oxidation sites excluding steroid dienone is 2. The molecule has 1 unspecified atom stereocenters. The summed E-state index contributed by atoms with van der Waals surface area (Å²) in [7, 11) is 0. The molecule has 3 aromatic heterocycles. The first kappa shape index (κ1) is 23.4. The summed E-state index contributed by atoms with van der Waals surface area (Å²) >= 11 is 0. The Balaban J connectivity index is 1.66. The highest BCUT2D eigenvalue weighted by molar-refractivity contribution is 6.13. The lowest BCUT2D eigenvalue weighted by atomic mass is 9.88. The van der Waals surface area contributed by atoms with Crippen molar-refractivity contribution in [2.24, 2.45) is 0 Å². The molecule has 1 spiro atoms. The molecule has 1 atom stereocenters. The minimum atomic E-state index is -0.496. The predicted molar refractivity (Wildman–Crippen MR) is 169 cm³/mol. The van der Waals surface area contributed by atoms with Gasteiger partial charge < -0.3 is 0 Å². The van der Waals surface area contributed by atoms with Gasteiger partial charge in [-0.05, 0) is 69.2 Å². The lowest BCUT2D eigenvalue weighted by Gasteiger charge is -2.20. The van der Waals surface area contributed by atoms with E-state index < -0.39 is 5.54 Å². The van der Waals surface area contributed by atoms with Gasteiger partial charge in [0.15, 0.2) is 12.4 Å². The van der Waals surface area contributed by atoms with Crippen LogP contribution in [0.1, 0.15) is 33.4 Å². The number of pyridine rings is 3. The summed E-state index contributed by atoms with van der Waals surface area (Å²) in [6, 6.07) is 36.5. The van der Waals surface area contributed by atoms with E-state index in [0.29, 0.717) is 0 Å². The fourth-order valence-corrected chi connectivity index (χ4v) is 8.85. The highest BCUT2D eigenvalue weighted by Gasteiger charge is 2.75. The van der Waals surface area contributed by atoms with E-state index in [0.717, 1.165) is 0 Å². The number of fused-ring (bicyclic) bond motifs is 6. The maximum atomic E-state index is 2.65.